The number of carbonyl (C=O) groups excluding carboxylic acids is 1. The molecule has 2 bridgehead atoms. The quantitative estimate of drug-likeness (QED) is 0.726. The van der Waals surface area contributed by atoms with Crippen molar-refractivity contribution < 1.29 is 13.9 Å². The number of hydrogen-bond donors (Lipinski definition) is 0. The molecule has 0 aromatic carbocycles. The first-order valence-electron chi connectivity index (χ1n) is 9.78. The smallest absolute Gasteiger partial charge is 0.314 e. The first-order valence-corrected chi connectivity index (χ1v) is 9.78. The van der Waals surface area contributed by atoms with Crippen LogP contribution in [0.25, 0.3) is 0 Å². The van der Waals surface area contributed by atoms with E-state index in [9.17, 15) is 4.79 Å². The molecule has 1 aromatic heterocycles. The van der Waals surface area contributed by atoms with Gasteiger partial charge in [-0.2, -0.15) is 0 Å². The lowest BCUT2D eigenvalue weighted by molar-refractivity contribution is -0.171. The number of rotatable bonds is 1. The molecule has 2 saturated carbocycles. The van der Waals surface area contributed by atoms with E-state index < -0.39 is 0 Å². The summed E-state index contributed by atoms with van der Waals surface area (Å²) in [7, 11) is 1.54. The Kier molecular flexibility index (Phi) is 3.27. The van der Waals surface area contributed by atoms with Gasteiger partial charge in [0.15, 0.2) is 0 Å². The Labute approximate surface area is 149 Å². The number of methoxy groups -OCH3 is 1. The van der Waals surface area contributed by atoms with Crippen molar-refractivity contribution in [2.75, 3.05) is 13.7 Å². The third kappa shape index (κ3) is 1.83. The molecule has 6 unspecified atom stereocenters. The maximum atomic E-state index is 12.8. The Balaban J connectivity index is 1.62. The van der Waals surface area contributed by atoms with Crippen LogP contribution in [0, 0.1) is 28.6 Å². The van der Waals surface area contributed by atoms with Crippen LogP contribution in [0.5, 0.6) is 0 Å². The minimum absolute atomic E-state index is 0.0283. The average molecular weight is 341 g/mol. The second kappa shape index (κ2) is 5.21. The molecule has 6 atom stereocenters. The van der Waals surface area contributed by atoms with E-state index in [-0.39, 0.29) is 16.8 Å². The highest BCUT2D eigenvalue weighted by atomic mass is 16.5. The maximum absolute atomic E-state index is 12.8. The van der Waals surface area contributed by atoms with Crippen molar-refractivity contribution in [3.63, 3.8) is 0 Å². The Morgan fingerprint density at radius 3 is 3.08 bits per heavy atom. The van der Waals surface area contributed by atoms with Crippen LogP contribution in [0.2, 0.25) is 0 Å². The molecule has 2 fully saturated rings. The largest absolute Gasteiger partial charge is 0.469 e. The van der Waals surface area contributed by atoms with Gasteiger partial charge in [-0.05, 0) is 61.0 Å². The van der Waals surface area contributed by atoms with Crippen LogP contribution in [-0.2, 0) is 16.0 Å². The number of hydrogen-bond acceptors (Lipinski definition) is 4. The Morgan fingerprint density at radius 1 is 1.36 bits per heavy atom. The zero-order chi connectivity index (χ0) is 17.2. The van der Waals surface area contributed by atoms with Crippen molar-refractivity contribution in [3.05, 3.63) is 23.7 Å². The molecule has 0 radical (unpaired) electrons. The van der Waals surface area contributed by atoms with Crippen molar-refractivity contribution in [2.45, 2.75) is 51.4 Å². The van der Waals surface area contributed by atoms with E-state index in [1.807, 2.05) is 6.26 Å². The Hall–Kier alpha value is -1.58. The summed E-state index contributed by atoms with van der Waals surface area (Å²) in [6.07, 6.45) is 10.6. The van der Waals surface area contributed by atoms with Gasteiger partial charge in [-0.25, -0.2) is 0 Å². The molecule has 4 nitrogen and oxygen atoms in total. The number of nitrogens with zero attached hydrogens (tertiary/aromatic N) is 1. The van der Waals surface area contributed by atoms with Crippen molar-refractivity contribution in [1.29, 1.82) is 0 Å². The van der Waals surface area contributed by atoms with Crippen LogP contribution in [0.1, 0.15) is 56.3 Å². The highest BCUT2D eigenvalue weighted by molar-refractivity contribution is 5.82. The minimum Gasteiger partial charge on any atom is -0.469 e. The van der Waals surface area contributed by atoms with Gasteiger partial charge >= 0.3 is 5.97 Å². The van der Waals surface area contributed by atoms with Crippen LogP contribution in [0.4, 0.5) is 0 Å². The lowest BCUT2D eigenvalue weighted by atomic mass is 9.42. The van der Waals surface area contributed by atoms with Gasteiger partial charge in [0, 0.05) is 18.1 Å². The normalized spacial score (nSPS) is 44.4. The second-order valence-corrected chi connectivity index (χ2v) is 8.78. The maximum Gasteiger partial charge on any atom is 0.314 e. The SMILES string of the molecule is COC(=O)C12CCCC3(C=NC1)C1Cc4occc4C(C)C1CCC23. The zero-order valence-corrected chi connectivity index (χ0v) is 15.2. The summed E-state index contributed by atoms with van der Waals surface area (Å²) in [4.78, 5) is 17.6. The molecule has 4 heteroatoms. The van der Waals surface area contributed by atoms with Gasteiger partial charge in [0.1, 0.15) is 5.76 Å². The van der Waals surface area contributed by atoms with Gasteiger partial charge in [-0.1, -0.05) is 13.3 Å². The van der Waals surface area contributed by atoms with E-state index in [1.54, 1.807) is 0 Å². The summed E-state index contributed by atoms with van der Waals surface area (Å²) < 4.78 is 11.1. The Bertz CT molecular complexity index is 737. The van der Waals surface area contributed by atoms with Gasteiger partial charge in [-0.15, -0.1) is 0 Å². The van der Waals surface area contributed by atoms with E-state index >= 15 is 0 Å². The van der Waals surface area contributed by atoms with Gasteiger partial charge in [0.2, 0.25) is 0 Å². The molecule has 2 heterocycles. The van der Waals surface area contributed by atoms with Gasteiger partial charge in [0.05, 0.1) is 25.3 Å². The molecule has 1 aromatic rings. The Morgan fingerprint density at radius 2 is 2.24 bits per heavy atom. The third-order valence-electron chi connectivity index (χ3n) is 8.16. The van der Waals surface area contributed by atoms with Crippen molar-refractivity contribution in [1.82, 2.24) is 0 Å². The lowest BCUT2D eigenvalue weighted by Gasteiger charge is -2.62. The van der Waals surface area contributed by atoms with E-state index in [0.717, 1.165) is 37.9 Å². The molecule has 0 amide bonds. The van der Waals surface area contributed by atoms with Gasteiger partial charge in [0.25, 0.3) is 0 Å². The number of ether oxygens (including phenoxy) is 1. The fourth-order valence-corrected chi connectivity index (χ4v) is 7.14. The summed E-state index contributed by atoms with van der Waals surface area (Å²) in [5, 5.41) is 0. The fraction of sp³-hybridized carbons (Fsp3) is 0.714. The summed E-state index contributed by atoms with van der Waals surface area (Å²) in [5.74, 6) is 3.25. The van der Waals surface area contributed by atoms with E-state index in [1.165, 1.54) is 19.1 Å². The third-order valence-corrected chi connectivity index (χ3v) is 8.16. The number of esters is 1. The first-order chi connectivity index (χ1) is 12.1. The van der Waals surface area contributed by atoms with Crippen LogP contribution >= 0.6 is 0 Å². The van der Waals surface area contributed by atoms with Crippen LogP contribution < -0.4 is 0 Å². The number of carbonyl (C=O) groups is 1. The number of fused-ring (bicyclic) bond motifs is 2. The molecule has 0 N–H and O–H groups in total. The standard InChI is InChI=1S/C21H27NO3/c1-13-14-4-5-18-20(16(14)10-17-15(13)6-9-25-17)7-3-8-21(18,12-22-11-20)19(23)24-2/h6,9,11,13-14,16,18H,3-5,7-8,10,12H2,1-2H3. The molecule has 3 aliphatic carbocycles. The van der Waals surface area contributed by atoms with E-state index in [4.69, 9.17) is 14.1 Å². The van der Waals surface area contributed by atoms with Gasteiger partial charge < -0.3 is 9.15 Å². The molecule has 25 heavy (non-hydrogen) atoms. The number of furan rings is 1. The average Bonchev–Trinajstić information content (AvgIpc) is 3.09. The van der Waals surface area contributed by atoms with Crippen molar-refractivity contribution in [2.24, 2.45) is 33.6 Å². The monoisotopic (exact) mass is 341 g/mol. The molecule has 0 saturated heterocycles. The molecule has 0 spiro atoms. The summed E-state index contributed by atoms with van der Waals surface area (Å²) in [6.45, 7) is 2.98. The highest BCUT2D eigenvalue weighted by Gasteiger charge is 2.65. The predicted octanol–water partition coefficient (Wildman–Crippen LogP) is 4.00. The van der Waals surface area contributed by atoms with Crippen LogP contribution in [0.3, 0.4) is 0 Å². The lowest BCUT2D eigenvalue weighted by Crippen LogP contribution is -2.62. The van der Waals surface area contributed by atoms with E-state index in [2.05, 4.69) is 19.2 Å². The fourth-order valence-electron chi connectivity index (χ4n) is 7.14. The van der Waals surface area contributed by atoms with Crippen LogP contribution in [0.15, 0.2) is 21.7 Å². The number of aliphatic imine (C=N–C) groups is 1. The van der Waals surface area contributed by atoms with Gasteiger partial charge in [-0.3, -0.25) is 9.79 Å². The molecule has 1 aliphatic heterocycles. The van der Waals surface area contributed by atoms with Crippen molar-refractivity contribution >= 4 is 12.2 Å². The summed E-state index contributed by atoms with van der Waals surface area (Å²) in [6, 6.07) is 2.16. The molecule has 134 valence electrons. The molecule has 4 aliphatic rings. The summed E-state index contributed by atoms with van der Waals surface area (Å²) in [5.41, 5.74) is 1.06. The summed E-state index contributed by atoms with van der Waals surface area (Å²) >= 11 is 0. The first kappa shape index (κ1) is 15.7. The molecule has 5 rings (SSSR count). The topological polar surface area (TPSA) is 51.8 Å². The minimum atomic E-state index is -0.389. The highest BCUT2D eigenvalue weighted by Crippen LogP contribution is 2.66. The van der Waals surface area contributed by atoms with Crippen LogP contribution in [-0.4, -0.2) is 25.8 Å². The molecular weight excluding hydrogens is 314 g/mol. The molecular formula is C21H27NO3. The predicted molar refractivity (Wildman–Crippen MR) is 94.6 cm³/mol. The van der Waals surface area contributed by atoms with Crippen molar-refractivity contribution in [3.8, 4) is 0 Å². The zero-order valence-electron chi connectivity index (χ0n) is 15.2. The van der Waals surface area contributed by atoms with E-state index in [0.29, 0.717) is 30.2 Å². The second-order valence-electron chi connectivity index (χ2n) is 8.78.